The Balaban J connectivity index is 1.67. The van der Waals surface area contributed by atoms with Crippen LogP contribution in [0.3, 0.4) is 0 Å². The standard InChI is InChI=1S/C16H14ClN5O3/c17-11-6-7-12-19-20-13(22(12)21-11)8-9-14(23)18-15(16(24)25)10-4-2-1-3-5-10/h1-7,15H,8-9H2,(H,18,23)(H,24,25). The lowest BCUT2D eigenvalue weighted by atomic mass is 10.1. The minimum atomic E-state index is -1.12. The molecule has 0 radical (unpaired) electrons. The molecule has 2 aromatic heterocycles. The monoisotopic (exact) mass is 359 g/mol. The van der Waals surface area contributed by atoms with Crippen molar-refractivity contribution in [3.05, 3.63) is 59.0 Å². The summed E-state index contributed by atoms with van der Waals surface area (Å²) in [5, 5.41) is 24.1. The zero-order valence-electron chi connectivity index (χ0n) is 13.0. The molecule has 0 aliphatic carbocycles. The number of rotatable bonds is 6. The minimum absolute atomic E-state index is 0.0472. The number of fused-ring (bicyclic) bond motifs is 1. The maximum absolute atomic E-state index is 12.2. The lowest BCUT2D eigenvalue weighted by Gasteiger charge is -2.14. The van der Waals surface area contributed by atoms with E-state index in [0.29, 0.717) is 17.0 Å². The van der Waals surface area contributed by atoms with Crippen molar-refractivity contribution in [1.82, 2.24) is 25.1 Å². The van der Waals surface area contributed by atoms with Crippen LogP contribution in [0.25, 0.3) is 5.65 Å². The predicted octanol–water partition coefficient (Wildman–Crippen LogP) is 1.65. The molecule has 0 fully saturated rings. The Morgan fingerprint density at radius 3 is 2.64 bits per heavy atom. The second kappa shape index (κ2) is 7.27. The zero-order valence-corrected chi connectivity index (χ0v) is 13.7. The number of nitrogens with zero attached hydrogens (tertiary/aromatic N) is 4. The van der Waals surface area contributed by atoms with Gasteiger partial charge in [-0.2, -0.15) is 9.61 Å². The number of carbonyl (C=O) groups is 2. The number of hydrogen-bond donors (Lipinski definition) is 2. The van der Waals surface area contributed by atoms with Crippen molar-refractivity contribution in [2.75, 3.05) is 0 Å². The van der Waals surface area contributed by atoms with E-state index in [1.807, 2.05) is 0 Å². The molecular formula is C16H14ClN5O3. The molecule has 2 N–H and O–H groups in total. The number of amides is 1. The Hall–Kier alpha value is -3.00. The van der Waals surface area contributed by atoms with Crippen LogP contribution < -0.4 is 5.32 Å². The van der Waals surface area contributed by atoms with Gasteiger partial charge in [-0.15, -0.1) is 10.2 Å². The van der Waals surface area contributed by atoms with E-state index in [1.54, 1.807) is 42.5 Å². The Morgan fingerprint density at radius 1 is 1.16 bits per heavy atom. The van der Waals surface area contributed by atoms with E-state index in [0.717, 1.165) is 0 Å². The molecule has 0 spiro atoms. The molecule has 9 heteroatoms. The highest BCUT2D eigenvalue weighted by atomic mass is 35.5. The van der Waals surface area contributed by atoms with Gasteiger partial charge in [0.25, 0.3) is 0 Å². The van der Waals surface area contributed by atoms with Gasteiger partial charge in [0.1, 0.15) is 5.15 Å². The number of halogens is 1. The summed E-state index contributed by atoms with van der Waals surface area (Å²) in [6, 6.07) is 10.7. The molecule has 0 saturated heterocycles. The average Bonchev–Trinajstić information content (AvgIpc) is 3.00. The Morgan fingerprint density at radius 2 is 1.92 bits per heavy atom. The highest BCUT2D eigenvalue weighted by Crippen LogP contribution is 2.13. The molecule has 1 aromatic carbocycles. The van der Waals surface area contributed by atoms with Crippen molar-refractivity contribution in [2.24, 2.45) is 0 Å². The van der Waals surface area contributed by atoms with Crippen molar-refractivity contribution in [3.8, 4) is 0 Å². The quantitative estimate of drug-likeness (QED) is 0.692. The van der Waals surface area contributed by atoms with Crippen LogP contribution in [0, 0.1) is 0 Å². The van der Waals surface area contributed by atoms with Crippen molar-refractivity contribution >= 4 is 29.1 Å². The van der Waals surface area contributed by atoms with Crippen LogP contribution in [-0.4, -0.2) is 36.8 Å². The van der Waals surface area contributed by atoms with Crippen molar-refractivity contribution in [1.29, 1.82) is 0 Å². The third-order valence-electron chi connectivity index (χ3n) is 3.56. The summed E-state index contributed by atoms with van der Waals surface area (Å²) in [5.41, 5.74) is 1.03. The highest BCUT2D eigenvalue weighted by molar-refractivity contribution is 6.29. The molecule has 0 aliphatic rings. The highest BCUT2D eigenvalue weighted by Gasteiger charge is 2.22. The van der Waals surface area contributed by atoms with Gasteiger partial charge in [-0.3, -0.25) is 4.79 Å². The first-order valence-electron chi connectivity index (χ1n) is 7.48. The van der Waals surface area contributed by atoms with Crippen LogP contribution in [-0.2, 0) is 16.0 Å². The van der Waals surface area contributed by atoms with Gasteiger partial charge < -0.3 is 10.4 Å². The number of aryl methyl sites for hydroxylation is 1. The molecule has 8 nitrogen and oxygen atoms in total. The van der Waals surface area contributed by atoms with E-state index in [9.17, 15) is 14.7 Å². The fraction of sp³-hybridized carbons (Fsp3) is 0.188. The Bertz CT molecular complexity index is 913. The lowest BCUT2D eigenvalue weighted by molar-refractivity contribution is -0.142. The largest absolute Gasteiger partial charge is 0.479 e. The number of aliphatic carboxylic acids is 1. The summed E-state index contributed by atoms with van der Waals surface area (Å²) in [6.07, 6.45) is 0.299. The first-order valence-corrected chi connectivity index (χ1v) is 7.86. The average molecular weight is 360 g/mol. The summed E-state index contributed by atoms with van der Waals surface area (Å²) in [5.74, 6) is -1.06. The van der Waals surface area contributed by atoms with E-state index in [-0.39, 0.29) is 18.0 Å². The number of carboxylic acid groups (broad SMARTS) is 1. The van der Waals surface area contributed by atoms with Crippen LogP contribution >= 0.6 is 11.6 Å². The van der Waals surface area contributed by atoms with Gasteiger partial charge in [0.05, 0.1) is 0 Å². The number of nitrogens with one attached hydrogen (secondary N) is 1. The number of hydrogen-bond acceptors (Lipinski definition) is 5. The summed E-state index contributed by atoms with van der Waals surface area (Å²) >= 11 is 5.85. The molecule has 2 heterocycles. The number of carbonyl (C=O) groups excluding carboxylic acids is 1. The first-order chi connectivity index (χ1) is 12.0. The maximum atomic E-state index is 12.2. The third-order valence-corrected chi connectivity index (χ3v) is 3.76. The van der Waals surface area contributed by atoms with Gasteiger partial charge in [0, 0.05) is 12.8 Å². The van der Waals surface area contributed by atoms with Crippen LogP contribution in [0.15, 0.2) is 42.5 Å². The van der Waals surface area contributed by atoms with Gasteiger partial charge in [0.15, 0.2) is 17.5 Å². The van der Waals surface area contributed by atoms with Gasteiger partial charge in [-0.1, -0.05) is 41.9 Å². The van der Waals surface area contributed by atoms with Crippen LogP contribution in [0.5, 0.6) is 0 Å². The summed E-state index contributed by atoms with van der Waals surface area (Å²) < 4.78 is 1.46. The van der Waals surface area contributed by atoms with Crippen molar-refractivity contribution < 1.29 is 14.7 Å². The molecule has 1 amide bonds. The zero-order chi connectivity index (χ0) is 17.8. The minimum Gasteiger partial charge on any atom is -0.479 e. The van der Waals surface area contributed by atoms with Gasteiger partial charge in [-0.05, 0) is 17.7 Å². The van der Waals surface area contributed by atoms with E-state index in [1.165, 1.54) is 4.52 Å². The predicted molar refractivity (Wildman–Crippen MR) is 89.1 cm³/mol. The van der Waals surface area contributed by atoms with E-state index in [4.69, 9.17) is 11.6 Å². The smallest absolute Gasteiger partial charge is 0.330 e. The van der Waals surface area contributed by atoms with Crippen LogP contribution in [0.1, 0.15) is 23.9 Å². The molecule has 0 aliphatic heterocycles. The lowest BCUT2D eigenvalue weighted by Crippen LogP contribution is -2.33. The second-order valence-electron chi connectivity index (χ2n) is 5.29. The second-order valence-corrected chi connectivity index (χ2v) is 5.68. The van der Waals surface area contributed by atoms with Crippen molar-refractivity contribution in [2.45, 2.75) is 18.9 Å². The number of aromatic nitrogens is 4. The first kappa shape index (κ1) is 16.8. The number of benzene rings is 1. The van der Waals surface area contributed by atoms with Crippen molar-refractivity contribution in [3.63, 3.8) is 0 Å². The van der Waals surface area contributed by atoms with Gasteiger partial charge in [0.2, 0.25) is 5.91 Å². The molecule has 128 valence electrons. The van der Waals surface area contributed by atoms with Crippen LogP contribution in [0.2, 0.25) is 5.15 Å². The molecule has 1 atom stereocenters. The normalized spacial score (nSPS) is 12.0. The van der Waals surface area contributed by atoms with E-state index < -0.39 is 17.9 Å². The maximum Gasteiger partial charge on any atom is 0.330 e. The molecule has 3 aromatic rings. The fourth-order valence-corrected chi connectivity index (χ4v) is 2.50. The molecule has 25 heavy (non-hydrogen) atoms. The fourth-order valence-electron chi connectivity index (χ4n) is 2.36. The molecule has 0 bridgehead atoms. The SMILES string of the molecule is O=C(CCc1nnc2ccc(Cl)nn12)NC(C(=O)O)c1ccccc1. The third kappa shape index (κ3) is 3.92. The summed E-state index contributed by atoms with van der Waals surface area (Å²) in [4.78, 5) is 23.6. The van der Waals surface area contributed by atoms with E-state index in [2.05, 4.69) is 20.6 Å². The summed E-state index contributed by atoms with van der Waals surface area (Å²) in [7, 11) is 0. The number of carboxylic acids is 1. The summed E-state index contributed by atoms with van der Waals surface area (Å²) in [6.45, 7) is 0. The molecule has 3 rings (SSSR count). The van der Waals surface area contributed by atoms with Gasteiger partial charge in [-0.25, -0.2) is 4.79 Å². The van der Waals surface area contributed by atoms with Gasteiger partial charge >= 0.3 is 5.97 Å². The molecule has 0 saturated carbocycles. The van der Waals surface area contributed by atoms with Crippen LogP contribution in [0.4, 0.5) is 0 Å². The molecular weight excluding hydrogens is 346 g/mol. The Labute approximate surface area is 147 Å². The topological polar surface area (TPSA) is 109 Å². The van der Waals surface area contributed by atoms with E-state index >= 15 is 0 Å². The molecule has 1 unspecified atom stereocenters. The Kier molecular flexibility index (Phi) is 4.90.